The van der Waals surface area contributed by atoms with Crippen molar-refractivity contribution in [3.05, 3.63) is 11.5 Å². The zero-order valence-electron chi connectivity index (χ0n) is 7.04. The van der Waals surface area contributed by atoms with Crippen LogP contribution in [-0.4, -0.2) is 32.8 Å². The molecule has 0 aromatic rings. The summed E-state index contributed by atoms with van der Waals surface area (Å²) in [4.78, 5) is 0. The van der Waals surface area contributed by atoms with Gasteiger partial charge in [-0.25, -0.2) is 17.2 Å². The van der Waals surface area contributed by atoms with Gasteiger partial charge in [-0.1, -0.05) is 0 Å². The van der Waals surface area contributed by atoms with Crippen molar-refractivity contribution in [2.75, 3.05) is 12.4 Å². The van der Waals surface area contributed by atoms with E-state index in [1.54, 1.807) is 0 Å². The SMILES string of the molecule is CC(F)(F)COC1C=CS(=O)(=O)C1. The van der Waals surface area contributed by atoms with Crippen LogP contribution < -0.4 is 0 Å². The van der Waals surface area contributed by atoms with Gasteiger partial charge in [0.25, 0.3) is 5.92 Å². The predicted molar refractivity (Wildman–Crippen MR) is 43.3 cm³/mol. The third-order valence-electron chi connectivity index (χ3n) is 1.45. The van der Waals surface area contributed by atoms with Crippen molar-refractivity contribution in [1.29, 1.82) is 0 Å². The summed E-state index contributed by atoms with van der Waals surface area (Å²) in [6.45, 7) is -0.0301. The average Bonchev–Trinajstić information content (AvgIpc) is 2.24. The molecule has 0 fully saturated rings. The third kappa shape index (κ3) is 3.82. The Kier molecular flexibility index (Phi) is 2.72. The van der Waals surface area contributed by atoms with Crippen LogP contribution in [-0.2, 0) is 14.6 Å². The minimum absolute atomic E-state index is 0.233. The second kappa shape index (κ2) is 3.34. The molecule has 6 heteroatoms. The highest BCUT2D eigenvalue weighted by Gasteiger charge is 2.27. The van der Waals surface area contributed by atoms with E-state index in [9.17, 15) is 17.2 Å². The normalized spacial score (nSPS) is 26.5. The second-order valence-electron chi connectivity index (χ2n) is 3.08. The van der Waals surface area contributed by atoms with Crippen LogP contribution in [0.2, 0.25) is 0 Å². The van der Waals surface area contributed by atoms with Crippen molar-refractivity contribution >= 4 is 9.84 Å². The first-order chi connectivity index (χ1) is 5.79. The molecule has 3 nitrogen and oxygen atoms in total. The molecule has 0 bridgehead atoms. The van der Waals surface area contributed by atoms with Crippen LogP contribution in [0.15, 0.2) is 11.5 Å². The fourth-order valence-corrected chi connectivity index (χ4v) is 2.10. The lowest BCUT2D eigenvalue weighted by molar-refractivity contribution is -0.0724. The molecule has 76 valence electrons. The number of hydrogen-bond donors (Lipinski definition) is 0. The van der Waals surface area contributed by atoms with Gasteiger partial charge in [0.1, 0.15) is 6.61 Å². The molecule has 0 amide bonds. The standard InChI is InChI=1S/C7H10F2O3S/c1-7(8,9)5-12-6-2-3-13(10,11)4-6/h2-3,6H,4-5H2,1H3. The van der Waals surface area contributed by atoms with E-state index in [1.165, 1.54) is 6.08 Å². The van der Waals surface area contributed by atoms with Gasteiger partial charge < -0.3 is 4.74 Å². The van der Waals surface area contributed by atoms with Crippen LogP contribution in [0.1, 0.15) is 6.92 Å². The van der Waals surface area contributed by atoms with Gasteiger partial charge in [0.15, 0.2) is 9.84 Å². The highest BCUT2D eigenvalue weighted by molar-refractivity contribution is 7.94. The lowest BCUT2D eigenvalue weighted by atomic mass is 10.4. The minimum Gasteiger partial charge on any atom is -0.367 e. The summed E-state index contributed by atoms with van der Waals surface area (Å²) in [7, 11) is -3.21. The maximum Gasteiger partial charge on any atom is 0.268 e. The van der Waals surface area contributed by atoms with Crippen LogP contribution in [0.4, 0.5) is 8.78 Å². The van der Waals surface area contributed by atoms with Crippen molar-refractivity contribution in [3.63, 3.8) is 0 Å². The first kappa shape index (κ1) is 10.6. The maximum absolute atomic E-state index is 12.3. The lowest BCUT2D eigenvalue weighted by Gasteiger charge is -2.13. The van der Waals surface area contributed by atoms with E-state index in [1.807, 2.05) is 0 Å². The zero-order valence-corrected chi connectivity index (χ0v) is 7.85. The highest BCUT2D eigenvalue weighted by Crippen LogP contribution is 2.16. The largest absolute Gasteiger partial charge is 0.367 e. The molecule has 0 saturated carbocycles. The molecule has 1 atom stereocenters. The Labute approximate surface area is 75.3 Å². The van der Waals surface area contributed by atoms with Crippen molar-refractivity contribution in [2.24, 2.45) is 0 Å². The van der Waals surface area contributed by atoms with Gasteiger partial charge in [0.2, 0.25) is 0 Å². The fraction of sp³-hybridized carbons (Fsp3) is 0.714. The molecule has 0 aliphatic carbocycles. The van der Waals surface area contributed by atoms with Gasteiger partial charge in [-0.2, -0.15) is 0 Å². The third-order valence-corrected chi connectivity index (χ3v) is 2.81. The molecule has 0 N–H and O–H groups in total. The van der Waals surface area contributed by atoms with E-state index in [0.717, 1.165) is 12.3 Å². The summed E-state index contributed by atoms with van der Waals surface area (Å²) in [6.07, 6.45) is 0.553. The van der Waals surface area contributed by atoms with Crippen LogP contribution in [0.5, 0.6) is 0 Å². The predicted octanol–water partition coefficient (Wildman–Crippen LogP) is 0.969. The van der Waals surface area contributed by atoms with Gasteiger partial charge in [0, 0.05) is 12.3 Å². The molecule has 1 aliphatic rings. The minimum atomic E-state index is -3.21. The quantitative estimate of drug-likeness (QED) is 0.700. The van der Waals surface area contributed by atoms with E-state index >= 15 is 0 Å². The average molecular weight is 212 g/mol. The molecule has 13 heavy (non-hydrogen) atoms. The van der Waals surface area contributed by atoms with Gasteiger partial charge in [-0.3, -0.25) is 0 Å². The smallest absolute Gasteiger partial charge is 0.268 e. The van der Waals surface area contributed by atoms with Crippen LogP contribution >= 0.6 is 0 Å². The van der Waals surface area contributed by atoms with E-state index < -0.39 is 28.5 Å². The molecule has 0 spiro atoms. The summed E-state index contributed by atoms with van der Waals surface area (Å²) >= 11 is 0. The summed E-state index contributed by atoms with van der Waals surface area (Å²) in [6, 6.07) is 0. The molecule has 1 rings (SSSR count). The Morgan fingerprint density at radius 3 is 2.62 bits per heavy atom. The Morgan fingerprint density at radius 2 is 2.23 bits per heavy atom. The number of sulfone groups is 1. The van der Waals surface area contributed by atoms with Gasteiger partial charge in [-0.05, 0) is 6.08 Å². The van der Waals surface area contributed by atoms with E-state index in [2.05, 4.69) is 4.74 Å². The number of hydrogen-bond acceptors (Lipinski definition) is 3. The Bertz CT molecular complexity index is 302. The zero-order chi connectivity index (χ0) is 10.1. The van der Waals surface area contributed by atoms with Gasteiger partial charge in [0.05, 0.1) is 11.9 Å². The van der Waals surface area contributed by atoms with Gasteiger partial charge >= 0.3 is 0 Å². The number of alkyl halides is 2. The topological polar surface area (TPSA) is 43.4 Å². The highest BCUT2D eigenvalue weighted by atomic mass is 32.2. The monoisotopic (exact) mass is 212 g/mol. The number of rotatable bonds is 3. The number of halogens is 2. The molecule has 0 saturated heterocycles. The molecule has 0 aromatic heterocycles. The van der Waals surface area contributed by atoms with Crippen LogP contribution in [0.3, 0.4) is 0 Å². The van der Waals surface area contributed by atoms with Crippen molar-refractivity contribution in [1.82, 2.24) is 0 Å². The summed E-state index contributed by atoms with van der Waals surface area (Å²) in [5.74, 6) is -3.15. The Morgan fingerprint density at radius 1 is 1.62 bits per heavy atom. The van der Waals surface area contributed by atoms with Crippen molar-refractivity contribution < 1.29 is 21.9 Å². The van der Waals surface area contributed by atoms with Gasteiger partial charge in [-0.15, -0.1) is 0 Å². The molecule has 0 aromatic carbocycles. The molecule has 1 heterocycles. The van der Waals surface area contributed by atoms with E-state index in [-0.39, 0.29) is 5.75 Å². The lowest BCUT2D eigenvalue weighted by Crippen LogP contribution is -2.25. The van der Waals surface area contributed by atoms with E-state index in [4.69, 9.17) is 0 Å². The molecular weight excluding hydrogens is 202 g/mol. The maximum atomic E-state index is 12.3. The Hall–Kier alpha value is -0.490. The summed E-state index contributed by atoms with van der Waals surface area (Å²) < 4.78 is 50.8. The summed E-state index contributed by atoms with van der Waals surface area (Å²) in [5.41, 5.74) is 0. The second-order valence-corrected chi connectivity index (χ2v) is 5.01. The van der Waals surface area contributed by atoms with Crippen LogP contribution in [0.25, 0.3) is 0 Å². The van der Waals surface area contributed by atoms with Crippen molar-refractivity contribution in [3.8, 4) is 0 Å². The first-order valence-electron chi connectivity index (χ1n) is 3.69. The molecule has 0 radical (unpaired) electrons. The summed E-state index contributed by atoms with van der Waals surface area (Å²) in [5, 5.41) is 0.992. The fourth-order valence-electron chi connectivity index (χ4n) is 0.904. The molecule has 1 unspecified atom stereocenters. The van der Waals surface area contributed by atoms with Crippen LogP contribution in [0, 0.1) is 0 Å². The number of ether oxygens (including phenoxy) is 1. The first-order valence-corrected chi connectivity index (χ1v) is 5.40. The van der Waals surface area contributed by atoms with Crippen molar-refractivity contribution in [2.45, 2.75) is 19.0 Å². The molecule has 1 aliphatic heterocycles. The van der Waals surface area contributed by atoms with E-state index in [0.29, 0.717) is 0 Å². The Balaban J connectivity index is 2.39. The molecular formula is C7H10F2O3S.